The summed E-state index contributed by atoms with van der Waals surface area (Å²) in [7, 11) is -4.07. The largest absolute Gasteiger partial charge is 0.271 e. The minimum absolute atomic E-state index is 0.0350. The molecule has 0 bridgehead atoms. The molecule has 2 rings (SSSR count). The lowest BCUT2D eigenvalue weighted by atomic mass is 10.3. The van der Waals surface area contributed by atoms with E-state index in [0.717, 1.165) is 6.07 Å². The van der Waals surface area contributed by atoms with Gasteiger partial charge in [0.2, 0.25) is 10.0 Å². The first-order chi connectivity index (χ1) is 9.40. The molecule has 0 unspecified atom stereocenters. The Morgan fingerprint density at radius 1 is 1.35 bits per heavy atom. The molecule has 1 N–H and O–H groups in total. The molecule has 108 valence electrons. The Labute approximate surface area is 122 Å². The molecule has 0 aliphatic rings. The summed E-state index contributed by atoms with van der Waals surface area (Å²) in [6.07, 6.45) is 3.23. The summed E-state index contributed by atoms with van der Waals surface area (Å²) >= 11 is 2.85. The molecule has 9 heteroatoms. The van der Waals surface area contributed by atoms with Gasteiger partial charge >= 0.3 is 0 Å². The maximum atomic E-state index is 13.6. The molecule has 2 aromatic rings. The van der Waals surface area contributed by atoms with E-state index in [4.69, 9.17) is 0 Å². The Morgan fingerprint density at radius 2 is 2.10 bits per heavy atom. The normalized spacial score (nSPS) is 11.8. The number of halogens is 3. The molecule has 0 saturated carbocycles. The van der Waals surface area contributed by atoms with E-state index >= 15 is 0 Å². The number of aromatic nitrogens is 2. The molecule has 1 heterocycles. The zero-order valence-corrected chi connectivity index (χ0v) is 12.5. The molecule has 5 nitrogen and oxygen atoms in total. The van der Waals surface area contributed by atoms with E-state index in [2.05, 4.69) is 25.8 Å². The van der Waals surface area contributed by atoms with Crippen molar-refractivity contribution >= 4 is 26.0 Å². The zero-order valence-electron chi connectivity index (χ0n) is 10.1. The molecule has 0 atom stereocenters. The third-order valence-corrected chi connectivity index (χ3v) is 4.85. The highest BCUT2D eigenvalue weighted by atomic mass is 79.9. The lowest BCUT2D eigenvalue weighted by molar-refractivity contribution is 0.534. The molecule has 0 spiro atoms. The number of hydrogen-bond donors (Lipinski definition) is 1. The van der Waals surface area contributed by atoms with Crippen LogP contribution in [0.5, 0.6) is 0 Å². The second-order valence-corrected chi connectivity index (χ2v) is 6.42. The fraction of sp³-hybridized carbons (Fsp3) is 0.182. The van der Waals surface area contributed by atoms with E-state index in [0.29, 0.717) is 12.6 Å². The van der Waals surface area contributed by atoms with Gasteiger partial charge in [0.25, 0.3) is 0 Å². The van der Waals surface area contributed by atoms with Crippen LogP contribution in [0.2, 0.25) is 0 Å². The van der Waals surface area contributed by atoms with Gasteiger partial charge in [-0.1, -0.05) is 0 Å². The van der Waals surface area contributed by atoms with Crippen molar-refractivity contribution in [1.82, 2.24) is 14.5 Å². The Balaban J connectivity index is 2.14. The molecule has 0 saturated heterocycles. The third kappa shape index (κ3) is 3.41. The van der Waals surface area contributed by atoms with E-state index in [1.165, 1.54) is 4.68 Å². The van der Waals surface area contributed by atoms with Crippen molar-refractivity contribution in [2.45, 2.75) is 11.4 Å². The van der Waals surface area contributed by atoms with Crippen LogP contribution in [0.25, 0.3) is 0 Å². The van der Waals surface area contributed by atoms with Crippen molar-refractivity contribution in [3.8, 4) is 0 Å². The molecule has 1 aromatic heterocycles. The quantitative estimate of drug-likeness (QED) is 0.879. The molecule has 20 heavy (non-hydrogen) atoms. The van der Waals surface area contributed by atoms with Gasteiger partial charge in [0, 0.05) is 29.5 Å². The highest BCUT2D eigenvalue weighted by Crippen LogP contribution is 2.25. The van der Waals surface area contributed by atoms with Gasteiger partial charge in [-0.15, -0.1) is 0 Å². The highest BCUT2D eigenvalue weighted by Gasteiger charge is 2.23. The summed E-state index contributed by atoms with van der Waals surface area (Å²) in [6.45, 7) is 0.333. The fourth-order valence-electron chi connectivity index (χ4n) is 1.59. The summed E-state index contributed by atoms with van der Waals surface area (Å²) in [6, 6.07) is 3.11. The van der Waals surface area contributed by atoms with Gasteiger partial charge in [-0.05, 0) is 28.1 Å². The topological polar surface area (TPSA) is 64.0 Å². The first kappa shape index (κ1) is 15.1. The molecule has 1 aromatic carbocycles. The first-order valence-corrected chi connectivity index (χ1v) is 7.79. The van der Waals surface area contributed by atoms with Crippen LogP contribution in [0.15, 0.2) is 40.0 Å². The minimum Gasteiger partial charge on any atom is -0.271 e. The molecule has 0 radical (unpaired) electrons. The lowest BCUT2D eigenvalue weighted by Crippen LogP contribution is -2.28. The number of nitrogens with zero attached hydrogens (tertiary/aromatic N) is 2. The van der Waals surface area contributed by atoms with Gasteiger partial charge in [0.05, 0.1) is 6.54 Å². The van der Waals surface area contributed by atoms with Crippen LogP contribution in [0.1, 0.15) is 0 Å². The van der Waals surface area contributed by atoms with E-state index in [1.54, 1.807) is 18.5 Å². The van der Waals surface area contributed by atoms with Crippen molar-refractivity contribution in [2.24, 2.45) is 0 Å². The van der Waals surface area contributed by atoms with Crippen molar-refractivity contribution in [3.05, 3.63) is 46.7 Å². The number of rotatable bonds is 5. The maximum Gasteiger partial charge on any atom is 0.244 e. The maximum absolute atomic E-state index is 13.6. The van der Waals surface area contributed by atoms with Crippen molar-refractivity contribution in [2.75, 3.05) is 6.54 Å². The molecule has 0 amide bonds. The second kappa shape index (κ2) is 5.98. The lowest BCUT2D eigenvalue weighted by Gasteiger charge is -2.09. The highest BCUT2D eigenvalue weighted by molar-refractivity contribution is 9.10. The van der Waals surface area contributed by atoms with Crippen LogP contribution in [-0.4, -0.2) is 24.7 Å². The van der Waals surface area contributed by atoms with Crippen LogP contribution in [0.4, 0.5) is 8.78 Å². The van der Waals surface area contributed by atoms with Crippen LogP contribution < -0.4 is 4.72 Å². The number of nitrogens with one attached hydrogen (secondary N) is 1. The second-order valence-electron chi connectivity index (χ2n) is 3.87. The van der Waals surface area contributed by atoms with Crippen LogP contribution in [0, 0.1) is 11.6 Å². The smallest absolute Gasteiger partial charge is 0.244 e. The number of hydrogen-bond acceptors (Lipinski definition) is 3. The molecule has 0 aliphatic carbocycles. The zero-order chi connectivity index (χ0) is 14.8. The van der Waals surface area contributed by atoms with Gasteiger partial charge < -0.3 is 0 Å². The van der Waals surface area contributed by atoms with E-state index < -0.39 is 26.6 Å². The summed E-state index contributed by atoms with van der Waals surface area (Å²) in [5.74, 6) is -2.01. The van der Waals surface area contributed by atoms with Crippen molar-refractivity contribution in [3.63, 3.8) is 0 Å². The minimum atomic E-state index is -4.07. The van der Waals surface area contributed by atoms with E-state index in [-0.39, 0.29) is 11.0 Å². The standard InChI is InChI=1S/C11H10BrF2N3O2S/c12-9-6-8(13)7-10(14)11(9)20(18,19)16-3-5-17-4-1-2-15-17/h1-2,4,6-7,16H,3,5H2. The van der Waals surface area contributed by atoms with Crippen molar-refractivity contribution in [1.29, 1.82) is 0 Å². The molecule has 0 fully saturated rings. The Kier molecular flexibility index (Phi) is 4.51. The van der Waals surface area contributed by atoms with Gasteiger partial charge in [0.1, 0.15) is 16.5 Å². The number of sulfonamides is 1. The SMILES string of the molecule is O=S(=O)(NCCn1cccn1)c1c(F)cc(F)cc1Br. The summed E-state index contributed by atoms with van der Waals surface area (Å²) in [5.41, 5.74) is 0. The fourth-order valence-corrected chi connectivity index (χ4v) is 3.77. The van der Waals surface area contributed by atoms with Crippen LogP contribution >= 0.6 is 15.9 Å². The van der Waals surface area contributed by atoms with E-state index in [1.807, 2.05) is 0 Å². The molecular weight excluding hydrogens is 356 g/mol. The monoisotopic (exact) mass is 365 g/mol. The van der Waals surface area contributed by atoms with Crippen LogP contribution in [0.3, 0.4) is 0 Å². The van der Waals surface area contributed by atoms with Crippen molar-refractivity contribution < 1.29 is 17.2 Å². The molecule has 0 aliphatic heterocycles. The van der Waals surface area contributed by atoms with Crippen LogP contribution in [-0.2, 0) is 16.6 Å². The Hall–Kier alpha value is -1.32. The predicted octanol–water partition coefficient (Wildman–Crippen LogP) is 1.90. The number of benzene rings is 1. The predicted molar refractivity (Wildman–Crippen MR) is 71.5 cm³/mol. The van der Waals surface area contributed by atoms with Gasteiger partial charge in [-0.3, -0.25) is 4.68 Å². The Bertz CT molecular complexity index is 681. The Morgan fingerprint density at radius 3 is 2.70 bits per heavy atom. The van der Waals surface area contributed by atoms with E-state index in [9.17, 15) is 17.2 Å². The average molecular weight is 366 g/mol. The third-order valence-electron chi connectivity index (χ3n) is 2.42. The van der Waals surface area contributed by atoms with Gasteiger partial charge in [-0.25, -0.2) is 21.9 Å². The van der Waals surface area contributed by atoms with Gasteiger partial charge in [0.15, 0.2) is 0 Å². The molecular formula is C11H10BrF2N3O2S. The van der Waals surface area contributed by atoms with Gasteiger partial charge in [-0.2, -0.15) is 5.10 Å². The summed E-state index contributed by atoms with van der Waals surface area (Å²) < 4.78 is 54.1. The summed E-state index contributed by atoms with van der Waals surface area (Å²) in [4.78, 5) is -0.612. The first-order valence-electron chi connectivity index (χ1n) is 5.52. The average Bonchev–Trinajstić information content (AvgIpc) is 2.79. The summed E-state index contributed by atoms with van der Waals surface area (Å²) in [5, 5.41) is 3.90.